The number of nitro benzene ring substituents is 1. The van der Waals surface area contributed by atoms with Gasteiger partial charge >= 0.3 is 0 Å². The molecule has 1 unspecified atom stereocenters. The minimum atomic E-state index is -0.378. The van der Waals surface area contributed by atoms with Crippen LogP contribution in [0.25, 0.3) is 0 Å². The summed E-state index contributed by atoms with van der Waals surface area (Å²) in [7, 11) is 1.69. The Balaban J connectivity index is 2.59. The molecule has 1 rings (SSSR count). The molecule has 0 aliphatic carbocycles. The molecule has 0 saturated heterocycles. The van der Waals surface area contributed by atoms with Gasteiger partial charge in [0.1, 0.15) is 0 Å². The molecule has 5 nitrogen and oxygen atoms in total. The van der Waals surface area contributed by atoms with E-state index in [-0.39, 0.29) is 10.6 Å². The van der Waals surface area contributed by atoms with Crippen LogP contribution in [0.15, 0.2) is 24.3 Å². The average molecular weight is 252 g/mol. The molecule has 18 heavy (non-hydrogen) atoms. The number of benzene rings is 1. The van der Waals surface area contributed by atoms with Gasteiger partial charge in [-0.05, 0) is 24.9 Å². The zero-order chi connectivity index (χ0) is 13.4. The zero-order valence-corrected chi connectivity index (χ0v) is 10.9. The van der Waals surface area contributed by atoms with Crippen LogP contribution < -0.4 is 5.32 Å². The van der Waals surface area contributed by atoms with Crippen molar-refractivity contribution in [2.75, 3.05) is 20.3 Å². The number of nitro groups is 1. The molecular weight excluding hydrogens is 232 g/mol. The molecule has 100 valence electrons. The predicted octanol–water partition coefficient (Wildman–Crippen LogP) is 2.15. The summed E-state index contributed by atoms with van der Waals surface area (Å²) >= 11 is 0. The lowest BCUT2D eigenvalue weighted by Gasteiger charge is -2.17. The minimum absolute atomic E-state index is 0.135. The number of ether oxygens (including phenoxy) is 1. The highest BCUT2D eigenvalue weighted by molar-refractivity contribution is 5.33. The summed E-state index contributed by atoms with van der Waals surface area (Å²) in [4.78, 5) is 10.2. The Kier molecular flexibility index (Phi) is 6.32. The van der Waals surface area contributed by atoms with Crippen LogP contribution in [0.5, 0.6) is 0 Å². The number of nitrogens with zero attached hydrogens (tertiary/aromatic N) is 1. The van der Waals surface area contributed by atoms with E-state index in [0.29, 0.717) is 12.6 Å². The molecule has 1 N–H and O–H groups in total. The van der Waals surface area contributed by atoms with E-state index < -0.39 is 0 Å². The summed E-state index contributed by atoms with van der Waals surface area (Å²) in [5.41, 5.74) is 1.23. The first-order chi connectivity index (χ1) is 8.67. The third-order valence-electron chi connectivity index (χ3n) is 2.79. The second-order valence-electron chi connectivity index (χ2n) is 4.16. The molecule has 0 amide bonds. The van der Waals surface area contributed by atoms with Crippen molar-refractivity contribution in [3.8, 4) is 0 Å². The van der Waals surface area contributed by atoms with E-state index in [1.807, 2.05) is 12.1 Å². The maximum Gasteiger partial charge on any atom is 0.269 e. The van der Waals surface area contributed by atoms with Crippen LogP contribution in [0.1, 0.15) is 18.9 Å². The molecule has 0 radical (unpaired) electrons. The smallest absolute Gasteiger partial charge is 0.269 e. The molecular formula is C13H20N2O3. The van der Waals surface area contributed by atoms with Gasteiger partial charge in [0.05, 0.1) is 4.92 Å². The Morgan fingerprint density at radius 3 is 2.56 bits per heavy atom. The second kappa shape index (κ2) is 7.79. The van der Waals surface area contributed by atoms with E-state index >= 15 is 0 Å². The molecule has 0 aromatic heterocycles. The molecule has 0 saturated carbocycles. The van der Waals surface area contributed by atoms with Gasteiger partial charge in [-0.25, -0.2) is 0 Å². The Morgan fingerprint density at radius 1 is 1.39 bits per heavy atom. The fourth-order valence-corrected chi connectivity index (χ4v) is 1.86. The number of nitrogens with one attached hydrogen (secondary N) is 1. The first-order valence-electron chi connectivity index (χ1n) is 6.13. The van der Waals surface area contributed by atoms with Crippen molar-refractivity contribution in [3.63, 3.8) is 0 Å². The summed E-state index contributed by atoms with van der Waals surface area (Å²) in [6, 6.07) is 7.07. The number of rotatable bonds is 8. The highest BCUT2D eigenvalue weighted by Crippen LogP contribution is 2.14. The van der Waals surface area contributed by atoms with Gasteiger partial charge in [-0.1, -0.05) is 19.1 Å². The molecule has 1 aromatic rings. The van der Waals surface area contributed by atoms with E-state index in [1.165, 1.54) is 0 Å². The largest absolute Gasteiger partial charge is 0.385 e. The van der Waals surface area contributed by atoms with Gasteiger partial charge in [-0.15, -0.1) is 0 Å². The minimum Gasteiger partial charge on any atom is -0.385 e. The third kappa shape index (κ3) is 4.81. The van der Waals surface area contributed by atoms with Crippen LogP contribution in [-0.2, 0) is 11.2 Å². The molecule has 0 fully saturated rings. The lowest BCUT2D eigenvalue weighted by Crippen LogP contribution is -2.32. The second-order valence-corrected chi connectivity index (χ2v) is 4.16. The molecule has 1 atom stereocenters. The number of non-ortho nitro benzene ring substituents is 1. The maximum absolute atomic E-state index is 10.6. The first kappa shape index (κ1) is 14.6. The summed E-state index contributed by atoms with van der Waals surface area (Å²) in [6.07, 6.45) is 1.79. The lowest BCUT2D eigenvalue weighted by atomic mass is 10.0. The summed E-state index contributed by atoms with van der Waals surface area (Å²) in [5.74, 6) is 0. The van der Waals surface area contributed by atoms with Crippen LogP contribution in [0.2, 0.25) is 0 Å². The standard InChI is InChI=1S/C13H20N2O3/c1-3-14-12(8-9-18-2)10-11-4-6-13(7-5-11)15(16)17/h4-7,12,14H,3,8-10H2,1-2H3. The SMILES string of the molecule is CCNC(CCOC)Cc1ccc([N+](=O)[O-])cc1. The van der Waals surface area contributed by atoms with Crippen LogP contribution in [0.4, 0.5) is 5.69 Å². The fourth-order valence-electron chi connectivity index (χ4n) is 1.86. The summed E-state index contributed by atoms with van der Waals surface area (Å²) in [5, 5.41) is 13.9. The van der Waals surface area contributed by atoms with Gasteiger partial charge in [0.2, 0.25) is 0 Å². The first-order valence-corrected chi connectivity index (χ1v) is 6.13. The third-order valence-corrected chi connectivity index (χ3v) is 2.79. The van der Waals surface area contributed by atoms with E-state index in [0.717, 1.165) is 24.9 Å². The Bertz CT molecular complexity index is 365. The van der Waals surface area contributed by atoms with Crippen LogP contribution in [0.3, 0.4) is 0 Å². The number of likely N-dealkylation sites (N-methyl/N-ethyl adjacent to an activating group) is 1. The summed E-state index contributed by atoms with van der Waals surface area (Å²) < 4.78 is 5.08. The van der Waals surface area contributed by atoms with Crippen molar-refractivity contribution < 1.29 is 9.66 Å². The van der Waals surface area contributed by atoms with Gasteiger partial charge in [-0.3, -0.25) is 10.1 Å². The Labute approximate surface area is 107 Å². The van der Waals surface area contributed by atoms with E-state index in [4.69, 9.17) is 4.74 Å². The van der Waals surface area contributed by atoms with E-state index in [9.17, 15) is 10.1 Å². The maximum atomic E-state index is 10.6. The highest BCUT2D eigenvalue weighted by Gasteiger charge is 2.10. The fraction of sp³-hybridized carbons (Fsp3) is 0.538. The monoisotopic (exact) mass is 252 g/mol. The molecule has 0 bridgehead atoms. The molecule has 5 heteroatoms. The normalized spacial score (nSPS) is 12.3. The van der Waals surface area contributed by atoms with Crippen molar-refractivity contribution in [2.24, 2.45) is 0 Å². The predicted molar refractivity (Wildman–Crippen MR) is 70.8 cm³/mol. The van der Waals surface area contributed by atoms with Crippen molar-refractivity contribution in [3.05, 3.63) is 39.9 Å². The van der Waals surface area contributed by atoms with Crippen LogP contribution >= 0.6 is 0 Å². The lowest BCUT2D eigenvalue weighted by molar-refractivity contribution is -0.384. The van der Waals surface area contributed by atoms with Gasteiger partial charge in [-0.2, -0.15) is 0 Å². The zero-order valence-electron chi connectivity index (χ0n) is 10.9. The van der Waals surface area contributed by atoms with Crippen LogP contribution in [-0.4, -0.2) is 31.2 Å². The summed E-state index contributed by atoms with van der Waals surface area (Å²) in [6.45, 7) is 3.68. The Morgan fingerprint density at radius 2 is 2.06 bits per heavy atom. The molecule has 0 heterocycles. The topological polar surface area (TPSA) is 64.4 Å². The number of hydrogen-bond acceptors (Lipinski definition) is 4. The van der Waals surface area contributed by atoms with E-state index in [1.54, 1.807) is 19.2 Å². The van der Waals surface area contributed by atoms with Gasteiger partial charge in [0.15, 0.2) is 0 Å². The van der Waals surface area contributed by atoms with Crippen molar-refractivity contribution in [1.29, 1.82) is 0 Å². The molecule has 0 aliphatic rings. The quantitative estimate of drug-likeness (QED) is 0.568. The molecule has 0 aliphatic heterocycles. The number of methoxy groups -OCH3 is 1. The van der Waals surface area contributed by atoms with Gasteiger partial charge in [0.25, 0.3) is 5.69 Å². The van der Waals surface area contributed by atoms with Crippen LogP contribution in [0, 0.1) is 10.1 Å². The highest BCUT2D eigenvalue weighted by atomic mass is 16.6. The average Bonchev–Trinajstić information content (AvgIpc) is 2.37. The molecule has 0 spiro atoms. The van der Waals surface area contributed by atoms with Gasteiger partial charge in [0, 0.05) is 31.9 Å². The number of hydrogen-bond donors (Lipinski definition) is 1. The van der Waals surface area contributed by atoms with Crippen molar-refractivity contribution in [1.82, 2.24) is 5.32 Å². The van der Waals surface area contributed by atoms with E-state index in [2.05, 4.69) is 12.2 Å². The van der Waals surface area contributed by atoms with Crippen molar-refractivity contribution >= 4 is 5.69 Å². The van der Waals surface area contributed by atoms with Crippen molar-refractivity contribution in [2.45, 2.75) is 25.8 Å². The molecule has 1 aromatic carbocycles. The Hall–Kier alpha value is -1.46. The van der Waals surface area contributed by atoms with Gasteiger partial charge < -0.3 is 10.1 Å².